The number of ether oxygens (including phenoxy) is 2. The number of carbonyl (C=O) groups excluding carboxylic acids is 2. The van der Waals surface area contributed by atoms with Crippen LogP contribution < -0.4 is 11.5 Å². The zero-order valence-electron chi connectivity index (χ0n) is 14.6. The lowest BCUT2D eigenvalue weighted by atomic mass is 9.87. The maximum atomic E-state index is 11.0. The van der Waals surface area contributed by atoms with E-state index in [2.05, 4.69) is 9.47 Å². The molecule has 0 spiro atoms. The van der Waals surface area contributed by atoms with Crippen LogP contribution in [0.3, 0.4) is 0 Å². The topological polar surface area (TPSA) is 105 Å². The minimum Gasteiger partial charge on any atom is -0.469 e. The highest BCUT2D eigenvalue weighted by Gasteiger charge is 2.25. The molecular formula is C16H32Cl2N2O4. The van der Waals surface area contributed by atoms with Crippen LogP contribution in [-0.4, -0.2) is 38.2 Å². The fraction of sp³-hybridized carbons (Fsp3) is 0.875. The van der Waals surface area contributed by atoms with E-state index in [1.165, 1.54) is 14.2 Å². The fourth-order valence-electron chi connectivity index (χ4n) is 3.04. The quantitative estimate of drug-likeness (QED) is 0.704. The van der Waals surface area contributed by atoms with Gasteiger partial charge in [0.1, 0.15) is 0 Å². The third kappa shape index (κ3) is 9.06. The number of carbonyl (C=O) groups is 2. The Morgan fingerprint density at radius 1 is 0.667 bits per heavy atom. The van der Waals surface area contributed by atoms with Crippen LogP contribution in [0.5, 0.6) is 0 Å². The van der Waals surface area contributed by atoms with Gasteiger partial charge in [0, 0.05) is 12.1 Å². The van der Waals surface area contributed by atoms with Gasteiger partial charge in [-0.05, 0) is 51.4 Å². The first-order valence-corrected chi connectivity index (χ1v) is 8.14. The van der Waals surface area contributed by atoms with E-state index < -0.39 is 0 Å². The first-order chi connectivity index (χ1) is 10.5. The molecule has 0 unspecified atom stereocenters. The molecule has 144 valence electrons. The van der Waals surface area contributed by atoms with E-state index in [1.54, 1.807) is 0 Å². The lowest BCUT2D eigenvalue weighted by Crippen LogP contribution is -2.30. The molecular weight excluding hydrogens is 355 g/mol. The molecule has 0 bridgehead atoms. The molecule has 4 N–H and O–H groups in total. The van der Waals surface area contributed by atoms with Gasteiger partial charge in [-0.15, -0.1) is 24.8 Å². The SMILES string of the molecule is COC(=O)C1CCC(N)CC1.COC(=O)C1CCC(N)CC1.Cl.Cl. The molecule has 2 aliphatic carbocycles. The molecule has 2 fully saturated rings. The van der Waals surface area contributed by atoms with Crippen molar-refractivity contribution in [3.8, 4) is 0 Å². The van der Waals surface area contributed by atoms with E-state index >= 15 is 0 Å². The lowest BCUT2D eigenvalue weighted by molar-refractivity contribution is -0.147. The van der Waals surface area contributed by atoms with Crippen molar-refractivity contribution < 1.29 is 19.1 Å². The number of nitrogens with two attached hydrogens (primary N) is 2. The summed E-state index contributed by atoms with van der Waals surface area (Å²) in [6, 6.07) is 0.604. The van der Waals surface area contributed by atoms with Crippen LogP contribution in [0.2, 0.25) is 0 Å². The van der Waals surface area contributed by atoms with Crippen LogP contribution in [0.25, 0.3) is 0 Å². The average molecular weight is 387 g/mol. The Morgan fingerprint density at radius 3 is 1.12 bits per heavy atom. The lowest BCUT2D eigenvalue weighted by Gasteiger charge is -2.23. The first kappa shape index (κ1) is 25.7. The Labute approximate surface area is 157 Å². The Balaban J connectivity index is 0. The number of hydrogen-bond acceptors (Lipinski definition) is 6. The number of rotatable bonds is 2. The molecule has 2 aliphatic rings. The van der Waals surface area contributed by atoms with E-state index in [9.17, 15) is 9.59 Å². The van der Waals surface area contributed by atoms with Crippen molar-refractivity contribution in [2.24, 2.45) is 23.3 Å². The van der Waals surface area contributed by atoms with E-state index in [4.69, 9.17) is 11.5 Å². The first-order valence-electron chi connectivity index (χ1n) is 8.14. The summed E-state index contributed by atoms with van der Waals surface area (Å²) in [7, 11) is 2.88. The average Bonchev–Trinajstić information content (AvgIpc) is 2.55. The summed E-state index contributed by atoms with van der Waals surface area (Å²) in [6.45, 7) is 0. The second kappa shape index (κ2) is 13.7. The maximum Gasteiger partial charge on any atom is 0.308 e. The summed E-state index contributed by atoms with van der Waals surface area (Å²) in [4.78, 5) is 22.0. The highest BCUT2D eigenvalue weighted by atomic mass is 35.5. The Hall–Kier alpha value is -0.560. The van der Waals surface area contributed by atoms with Gasteiger partial charge < -0.3 is 20.9 Å². The predicted octanol–water partition coefficient (Wildman–Crippen LogP) is 2.20. The Kier molecular flexibility index (Phi) is 14.7. The van der Waals surface area contributed by atoms with E-state index in [1.807, 2.05) is 0 Å². The molecule has 0 atom stereocenters. The van der Waals surface area contributed by atoms with E-state index in [-0.39, 0.29) is 48.6 Å². The van der Waals surface area contributed by atoms with Crippen molar-refractivity contribution in [1.82, 2.24) is 0 Å². The summed E-state index contributed by atoms with van der Waals surface area (Å²) >= 11 is 0. The molecule has 0 aromatic carbocycles. The van der Waals surface area contributed by atoms with Gasteiger partial charge in [-0.3, -0.25) is 9.59 Å². The summed E-state index contributed by atoms with van der Waals surface area (Å²) in [5, 5.41) is 0. The monoisotopic (exact) mass is 386 g/mol. The van der Waals surface area contributed by atoms with Crippen molar-refractivity contribution in [2.45, 2.75) is 63.5 Å². The molecule has 0 heterocycles. The Morgan fingerprint density at radius 2 is 0.917 bits per heavy atom. The van der Waals surface area contributed by atoms with Gasteiger partial charge in [-0.1, -0.05) is 0 Å². The van der Waals surface area contributed by atoms with Gasteiger partial charge in [-0.2, -0.15) is 0 Å². The number of esters is 2. The van der Waals surface area contributed by atoms with Crippen LogP contribution in [-0.2, 0) is 19.1 Å². The summed E-state index contributed by atoms with van der Waals surface area (Å²) in [6.07, 6.45) is 7.42. The Bertz CT molecular complexity index is 322. The highest BCUT2D eigenvalue weighted by Crippen LogP contribution is 2.24. The zero-order chi connectivity index (χ0) is 16.5. The molecule has 0 saturated heterocycles. The molecule has 2 rings (SSSR count). The summed E-state index contributed by atoms with van der Waals surface area (Å²) in [5.41, 5.74) is 11.4. The molecule has 0 aromatic rings. The van der Waals surface area contributed by atoms with Gasteiger partial charge in [0.25, 0.3) is 0 Å². The summed E-state index contributed by atoms with van der Waals surface area (Å²) < 4.78 is 9.29. The number of methoxy groups -OCH3 is 2. The van der Waals surface area contributed by atoms with Gasteiger partial charge in [0.2, 0.25) is 0 Å². The number of halogens is 2. The molecule has 0 amide bonds. The fourth-order valence-corrected chi connectivity index (χ4v) is 3.04. The van der Waals surface area contributed by atoms with Crippen molar-refractivity contribution in [2.75, 3.05) is 14.2 Å². The number of hydrogen-bond donors (Lipinski definition) is 2. The van der Waals surface area contributed by atoms with Gasteiger partial charge in [-0.25, -0.2) is 0 Å². The van der Waals surface area contributed by atoms with Crippen molar-refractivity contribution in [1.29, 1.82) is 0 Å². The third-order valence-electron chi connectivity index (χ3n) is 4.61. The van der Waals surface area contributed by atoms with Crippen LogP contribution >= 0.6 is 24.8 Å². The normalized spacial score (nSPS) is 28.8. The van der Waals surface area contributed by atoms with Crippen molar-refractivity contribution in [3.63, 3.8) is 0 Å². The van der Waals surface area contributed by atoms with E-state index in [0.717, 1.165) is 51.4 Å². The van der Waals surface area contributed by atoms with Crippen LogP contribution in [0.4, 0.5) is 0 Å². The van der Waals surface area contributed by atoms with Gasteiger partial charge >= 0.3 is 11.9 Å². The highest BCUT2D eigenvalue weighted by molar-refractivity contribution is 5.85. The molecule has 24 heavy (non-hydrogen) atoms. The molecule has 0 aromatic heterocycles. The van der Waals surface area contributed by atoms with Gasteiger partial charge in [0.15, 0.2) is 0 Å². The second-order valence-electron chi connectivity index (χ2n) is 6.27. The third-order valence-corrected chi connectivity index (χ3v) is 4.61. The zero-order valence-corrected chi connectivity index (χ0v) is 16.2. The molecule has 8 heteroatoms. The minimum atomic E-state index is -0.0723. The van der Waals surface area contributed by atoms with Crippen molar-refractivity contribution >= 4 is 36.8 Å². The molecule has 6 nitrogen and oxygen atoms in total. The van der Waals surface area contributed by atoms with Crippen LogP contribution in [0.15, 0.2) is 0 Å². The molecule has 0 aliphatic heterocycles. The standard InChI is InChI=1S/2C8H15NO2.2ClH/c2*1-11-8(10)6-2-4-7(9)5-3-6;;/h2*6-7H,2-5,9H2,1H3;2*1H. The maximum absolute atomic E-state index is 11.0. The predicted molar refractivity (Wildman–Crippen MR) is 98.4 cm³/mol. The van der Waals surface area contributed by atoms with E-state index in [0.29, 0.717) is 12.1 Å². The van der Waals surface area contributed by atoms with Gasteiger partial charge in [0.05, 0.1) is 26.1 Å². The smallest absolute Gasteiger partial charge is 0.308 e. The second-order valence-corrected chi connectivity index (χ2v) is 6.27. The van der Waals surface area contributed by atoms with Crippen LogP contribution in [0, 0.1) is 11.8 Å². The summed E-state index contributed by atoms with van der Waals surface area (Å²) in [5.74, 6) is 0.0772. The molecule has 2 saturated carbocycles. The largest absolute Gasteiger partial charge is 0.469 e. The van der Waals surface area contributed by atoms with Crippen molar-refractivity contribution in [3.05, 3.63) is 0 Å². The minimum absolute atomic E-state index is 0. The van der Waals surface area contributed by atoms with Crippen LogP contribution in [0.1, 0.15) is 51.4 Å². The molecule has 0 radical (unpaired) electrons.